The molecule has 1 aromatic carbocycles. The molecule has 0 fully saturated rings. The number of benzene rings is 1. The first-order valence-electron chi connectivity index (χ1n) is 7.63. The van der Waals surface area contributed by atoms with Crippen molar-refractivity contribution in [1.29, 1.82) is 0 Å². The Labute approximate surface area is 150 Å². The molecule has 0 aliphatic heterocycles. The maximum absolute atomic E-state index is 13.0. The highest BCUT2D eigenvalue weighted by Gasteiger charge is 2.39. The van der Waals surface area contributed by atoms with Gasteiger partial charge in [0.25, 0.3) is 0 Å². The first-order chi connectivity index (χ1) is 12.0. The van der Waals surface area contributed by atoms with Gasteiger partial charge in [0.1, 0.15) is 17.8 Å². The molecule has 27 heavy (non-hydrogen) atoms. The normalized spacial score (nSPS) is 15.2. The Morgan fingerprint density at radius 3 is 2.07 bits per heavy atom. The smallest absolute Gasteiger partial charge is 0.416 e. The second-order valence-corrected chi connectivity index (χ2v) is 6.69. The largest absolute Gasteiger partial charge is 0.444 e. The van der Waals surface area contributed by atoms with E-state index >= 15 is 0 Å². The molecule has 5 nitrogen and oxygen atoms in total. The van der Waals surface area contributed by atoms with Gasteiger partial charge in [0.05, 0.1) is 11.1 Å². The van der Waals surface area contributed by atoms with Crippen LogP contribution in [0.1, 0.15) is 43.6 Å². The number of halogens is 6. The van der Waals surface area contributed by atoms with Crippen molar-refractivity contribution in [1.82, 2.24) is 5.32 Å². The molecule has 0 spiro atoms. The molecule has 11 heteroatoms. The Morgan fingerprint density at radius 2 is 1.63 bits per heavy atom. The average molecular weight is 403 g/mol. The number of carbonyl (C=O) groups is 1. The predicted octanol–water partition coefficient (Wildman–Crippen LogP) is 3.64. The van der Waals surface area contributed by atoms with Crippen LogP contribution in [0.4, 0.5) is 31.1 Å². The Morgan fingerprint density at radius 1 is 1.07 bits per heavy atom. The third-order valence-corrected chi connectivity index (χ3v) is 3.22. The molecule has 0 radical (unpaired) electrons. The number of alkyl carbamates (subject to hydrolysis) is 1. The lowest BCUT2D eigenvalue weighted by Gasteiger charge is -2.24. The van der Waals surface area contributed by atoms with Gasteiger partial charge >= 0.3 is 18.4 Å². The van der Waals surface area contributed by atoms with Crippen molar-refractivity contribution in [2.75, 3.05) is 6.54 Å². The summed E-state index contributed by atoms with van der Waals surface area (Å²) in [5.74, 6) is 0. The number of aliphatic hydroxyl groups is 2. The molecule has 3 N–H and O–H groups in total. The number of amides is 1. The molecule has 0 saturated carbocycles. The topological polar surface area (TPSA) is 78.8 Å². The van der Waals surface area contributed by atoms with Gasteiger partial charge in [0, 0.05) is 6.54 Å². The highest BCUT2D eigenvalue weighted by atomic mass is 19.4. The molecule has 1 amide bonds. The van der Waals surface area contributed by atoms with Gasteiger partial charge in [-0.2, -0.15) is 26.3 Å². The van der Waals surface area contributed by atoms with Crippen LogP contribution in [-0.4, -0.2) is 34.6 Å². The second-order valence-electron chi connectivity index (χ2n) is 6.69. The SMILES string of the molecule is CC(C)(C)OC(=O)NCC(O)C(O)c1cc(C(F)(F)F)ccc1C(F)(F)F. The van der Waals surface area contributed by atoms with Crippen LogP contribution in [0.3, 0.4) is 0 Å². The second kappa shape index (κ2) is 7.93. The molecule has 1 rings (SSSR count). The molecule has 1 aromatic rings. The Kier molecular flexibility index (Phi) is 6.76. The minimum Gasteiger partial charge on any atom is -0.444 e. The summed E-state index contributed by atoms with van der Waals surface area (Å²) in [5.41, 5.74) is -5.00. The molecule has 0 saturated heterocycles. The molecular weight excluding hydrogens is 384 g/mol. The van der Waals surface area contributed by atoms with Crippen molar-refractivity contribution in [3.8, 4) is 0 Å². The molecule has 154 valence electrons. The van der Waals surface area contributed by atoms with Crippen LogP contribution in [0.15, 0.2) is 18.2 Å². The third-order valence-electron chi connectivity index (χ3n) is 3.22. The fourth-order valence-electron chi connectivity index (χ4n) is 2.06. The van der Waals surface area contributed by atoms with Gasteiger partial charge in [-0.15, -0.1) is 0 Å². The molecule has 0 aliphatic rings. The molecule has 2 unspecified atom stereocenters. The summed E-state index contributed by atoms with van der Waals surface area (Å²) >= 11 is 0. The Hall–Kier alpha value is -2.01. The zero-order valence-electron chi connectivity index (χ0n) is 14.6. The maximum Gasteiger partial charge on any atom is 0.416 e. The van der Waals surface area contributed by atoms with Gasteiger partial charge in [-0.25, -0.2) is 4.79 Å². The first-order valence-corrected chi connectivity index (χ1v) is 7.63. The van der Waals surface area contributed by atoms with Gasteiger partial charge in [0.2, 0.25) is 0 Å². The first kappa shape index (κ1) is 23.0. The fraction of sp³-hybridized carbons (Fsp3) is 0.562. The van der Waals surface area contributed by atoms with E-state index in [1.165, 1.54) is 20.8 Å². The van der Waals surface area contributed by atoms with Crippen LogP contribution < -0.4 is 5.32 Å². The van der Waals surface area contributed by atoms with Crippen LogP contribution in [0.5, 0.6) is 0 Å². The monoisotopic (exact) mass is 403 g/mol. The third kappa shape index (κ3) is 6.90. The van der Waals surface area contributed by atoms with Crippen LogP contribution in [-0.2, 0) is 17.1 Å². The predicted molar refractivity (Wildman–Crippen MR) is 81.6 cm³/mol. The van der Waals surface area contributed by atoms with Crippen LogP contribution in [0, 0.1) is 0 Å². The zero-order valence-corrected chi connectivity index (χ0v) is 14.6. The van der Waals surface area contributed by atoms with Crippen LogP contribution >= 0.6 is 0 Å². The van der Waals surface area contributed by atoms with E-state index in [9.17, 15) is 41.4 Å². The van der Waals surface area contributed by atoms with Gasteiger partial charge in [0.15, 0.2) is 0 Å². The minimum atomic E-state index is -5.06. The number of alkyl halides is 6. The Bertz CT molecular complexity index is 666. The van der Waals surface area contributed by atoms with E-state index in [2.05, 4.69) is 0 Å². The quantitative estimate of drug-likeness (QED) is 0.671. The van der Waals surface area contributed by atoms with Gasteiger partial charge in [-0.3, -0.25) is 0 Å². The van der Waals surface area contributed by atoms with Crippen LogP contribution in [0.25, 0.3) is 0 Å². The minimum absolute atomic E-state index is 0.115. The summed E-state index contributed by atoms with van der Waals surface area (Å²) in [6.45, 7) is 3.87. The summed E-state index contributed by atoms with van der Waals surface area (Å²) in [4.78, 5) is 11.5. The number of hydrogen-bond donors (Lipinski definition) is 3. The van der Waals surface area contributed by atoms with Gasteiger partial charge in [-0.1, -0.05) is 0 Å². The van der Waals surface area contributed by atoms with Crippen molar-refractivity contribution < 1.29 is 46.1 Å². The van der Waals surface area contributed by atoms with E-state index in [1.54, 1.807) is 0 Å². The summed E-state index contributed by atoms with van der Waals surface area (Å²) in [6, 6.07) is 0.518. The van der Waals surface area contributed by atoms with E-state index in [-0.39, 0.29) is 18.2 Å². The average Bonchev–Trinajstić information content (AvgIpc) is 2.47. The lowest BCUT2D eigenvalue weighted by Crippen LogP contribution is -2.39. The standard InChI is InChI=1S/C16H19F6NO4/c1-14(2,3)27-13(26)23-7-11(24)12(25)9-6-8(15(17,18)19)4-5-10(9)16(20,21)22/h4-6,11-12,24-25H,7H2,1-3H3,(H,23,26). The summed E-state index contributed by atoms with van der Waals surface area (Å²) in [5, 5.41) is 21.8. The van der Waals surface area contributed by atoms with E-state index in [0.717, 1.165) is 0 Å². The van der Waals surface area contributed by atoms with Crippen molar-refractivity contribution in [2.24, 2.45) is 0 Å². The molecule has 0 bridgehead atoms. The highest BCUT2D eigenvalue weighted by molar-refractivity contribution is 5.67. The summed E-state index contributed by atoms with van der Waals surface area (Å²) in [7, 11) is 0. The fourth-order valence-corrected chi connectivity index (χ4v) is 2.06. The number of ether oxygens (including phenoxy) is 1. The highest BCUT2D eigenvalue weighted by Crippen LogP contribution is 2.39. The lowest BCUT2D eigenvalue weighted by molar-refractivity contribution is -0.143. The van der Waals surface area contributed by atoms with Crippen molar-refractivity contribution in [2.45, 2.75) is 50.9 Å². The number of hydrogen-bond acceptors (Lipinski definition) is 4. The number of nitrogens with one attached hydrogen (secondary N) is 1. The van der Waals surface area contributed by atoms with E-state index in [1.807, 2.05) is 5.32 Å². The van der Waals surface area contributed by atoms with Crippen molar-refractivity contribution in [3.63, 3.8) is 0 Å². The molecule has 2 atom stereocenters. The molecule has 0 heterocycles. The lowest BCUT2D eigenvalue weighted by atomic mass is 9.95. The van der Waals surface area contributed by atoms with Gasteiger partial charge in [-0.05, 0) is 44.5 Å². The number of aliphatic hydroxyl groups excluding tert-OH is 2. The molecule has 0 aliphatic carbocycles. The van der Waals surface area contributed by atoms with E-state index < -0.39 is 59.5 Å². The van der Waals surface area contributed by atoms with E-state index in [0.29, 0.717) is 0 Å². The zero-order chi connectivity index (χ0) is 21.2. The van der Waals surface area contributed by atoms with Crippen molar-refractivity contribution in [3.05, 3.63) is 34.9 Å². The summed E-state index contributed by atoms with van der Waals surface area (Å²) in [6.07, 6.45) is -15.4. The van der Waals surface area contributed by atoms with Crippen molar-refractivity contribution >= 4 is 6.09 Å². The molecule has 0 aromatic heterocycles. The Balaban J connectivity index is 3.06. The number of carbonyl (C=O) groups excluding carboxylic acids is 1. The van der Waals surface area contributed by atoms with Gasteiger partial charge < -0.3 is 20.3 Å². The van der Waals surface area contributed by atoms with E-state index in [4.69, 9.17) is 4.74 Å². The maximum atomic E-state index is 13.0. The molecular formula is C16H19F6NO4. The number of rotatable bonds is 4. The van der Waals surface area contributed by atoms with Crippen LogP contribution in [0.2, 0.25) is 0 Å². The summed E-state index contributed by atoms with van der Waals surface area (Å²) < 4.78 is 82.3.